The van der Waals surface area contributed by atoms with Gasteiger partial charge in [-0.15, -0.1) is 0 Å². The molecule has 114 valence electrons. The van der Waals surface area contributed by atoms with E-state index >= 15 is 0 Å². The van der Waals surface area contributed by atoms with E-state index in [0.29, 0.717) is 5.41 Å². The molecule has 1 N–H and O–H groups in total. The van der Waals surface area contributed by atoms with Gasteiger partial charge in [0.25, 0.3) is 5.91 Å². The van der Waals surface area contributed by atoms with Gasteiger partial charge in [-0.1, -0.05) is 18.2 Å². The molecule has 2 aliphatic heterocycles. The molecule has 1 amide bonds. The van der Waals surface area contributed by atoms with Gasteiger partial charge in [-0.2, -0.15) is 0 Å². The standard InChI is InChI=1S/C17H24N2O2/c20-16(12-21-15-6-2-1-3-7-15)19-11-5-9-17(14-19)8-4-10-18-13-17/h1-3,6-7,18H,4-5,8-14H2. The van der Waals surface area contributed by atoms with Crippen LogP contribution in [0.4, 0.5) is 0 Å². The Labute approximate surface area is 126 Å². The predicted octanol–water partition coefficient (Wildman–Crippen LogP) is 2.06. The summed E-state index contributed by atoms with van der Waals surface area (Å²) in [7, 11) is 0. The third-order valence-corrected chi connectivity index (χ3v) is 4.68. The van der Waals surface area contributed by atoms with Crippen LogP contribution in [0.5, 0.6) is 5.75 Å². The Bertz CT molecular complexity index is 463. The topological polar surface area (TPSA) is 41.6 Å². The minimum atomic E-state index is 0.114. The Morgan fingerprint density at radius 1 is 1.24 bits per heavy atom. The molecule has 4 nitrogen and oxygen atoms in total. The van der Waals surface area contributed by atoms with Gasteiger partial charge >= 0.3 is 0 Å². The van der Waals surface area contributed by atoms with Crippen molar-refractivity contribution in [1.29, 1.82) is 0 Å². The highest BCUT2D eigenvalue weighted by molar-refractivity contribution is 5.78. The van der Waals surface area contributed by atoms with Crippen LogP contribution in [0.3, 0.4) is 0 Å². The van der Waals surface area contributed by atoms with Crippen molar-refractivity contribution < 1.29 is 9.53 Å². The van der Waals surface area contributed by atoms with E-state index in [0.717, 1.165) is 38.3 Å². The number of amides is 1. The van der Waals surface area contributed by atoms with Gasteiger partial charge in [-0.3, -0.25) is 4.79 Å². The van der Waals surface area contributed by atoms with Crippen molar-refractivity contribution in [3.8, 4) is 5.75 Å². The first kappa shape index (κ1) is 14.4. The van der Waals surface area contributed by atoms with Crippen LogP contribution in [0.15, 0.2) is 30.3 Å². The van der Waals surface area contributed by atoms with E-state index in [2.05, 4.69) is 5.32 Å². The second kappa shape index (κ2) is 6.48. The Kier molecular flexibility index (Phi) is 4.44. The van der Waals surface area contributed by atoms with Gasteiger partial charge in [-0.05, 0) is 44.4 Å². The van der Waals surface area contributed by atoms with Crippen LogP contribution in [0.2, 0.25) is 0 Å². The number of para-hydroxylation sites is 1. The first-order valence-electron chi connectivity index (χ1n) is 7.94. The molecular weight excluding hydrogens is 264 g/mol. The number of likely N-dealkylation sites (tertiary alicyclic amines) is 1. The molecule has 0 saturated carbocycles. The normalized spacial score (nSPS) is 25.8. The average molecular weight is 288 g/mol. The summed E-state index contributed by atoms with van der Waals surface area (Å²) in [5, 5.41) is 3.49. The Hall–Kier alpha value is -1.55. The summed E-state index contributed by atoms with van der Waals surface area (Å²) in [4.78, 5) is 14.4. The van der Waals surface area contributed by atoms with E-state index in [-0.39, 0.29) is 12.5 Å². The van der Waals surface area contributed by atoms with Crippen molar-refractivity contribution in [3.05, 3.63) is 30.3 Å². The van der Waals surface area contributed by atoms with Crippen LogP contribution < -0.4 is 10.1 Å². The number of hydrogen-bond acceptors (Lipinski definition) is 3. The van der Waals surface area contributed by atoms with Crippen molar-refractivity contribution >= 4 is 5.91 Å². The summed E-state index contributed by atoms with van der Waals surface area (Å²) in [6, 6.07) is 9.55. The van der Waals surface area contributed by atoms with Crippen LogP contribution in [0.25, 0.3) is 0 Å². The van der Waals surface area contributed by atoms with Gasteiger partial charge in [0.2, 0.25) is 0 Å². The van der Waals surface area contributed by atoms with E-state index in [1.54, 1.807) is 0 Å². The fourth-order valence-corrected chi connectivity index (χ4v) is 3.55. The summed E-state index contributed by atoms with van der Waals surface area (Å²) < 4.78 is 5.59. The number of benzene rings is 1. The zero-order valence-electron chi connectivity index (χ0n) is 12.5. The van der Waals surface area contributed by atoms with Gasteiger partial charge in [0, 0.05) is 25.0 Å². The van der Waals surface area contributed by atoms with Crippen LogP contribution in [-0.2, 0) is 4.79 Å². The lowest BCUT2D eigenvalue weighted by Crippen LogP contribution is -2.53. The molecule has 1 spiro atoms. The lowest BCUT2D eigenvalue weighted by Gasteiger charge is -2.45. The smallest absolute Gasteiger partial charge is 0.260 e. The molecule has 1 aromatic carbocycles. The molecule has 0 radical (unpaired) electrons. The molecule has 2 heterocycles. The number of rotatable bonds is 3. The number of piperidine rings is 2. The van der Waals surface area contributed by atoms with Gasteiger partial charge < -0.3 is 15.0 Å². The van der Waals surface area contributed by atoms with Crippen LogP contribution in [0, 0.1) is 5.41 Å². The maximum absolute atomic E-state index is 12.4. The molecule has 1 aromatic rings. The van der Waals surface area contributed by atoms with Gasteiger partial charge in [-0.25, -0.2) is 0 Å². The number of carbonyl (C=O) groups is 1. The van der Waals surface area contributed by atoms with E-state index in [1.807, 2.05) is 35.2 Å². The number of nitrogens with zero attached hydrogens (tertiary/aromatic N) is 1. The number of carbonyl (C=O) groups excluding carboxylic acids is 1. The third kappa shape index (κ3) is 3.56. The molecule has 3 rings (SSSR count). The predicted molar refractivity (Wildman–Crippen MR) is 82.3 cm³/mol. The van der Waals surface area contributed by atoms with Crippen molar-refractivity contribution in [2.45, 2.75) is 25.7 Å². The largest absolute Gasteiger partial charge is 0.484 e. The number of hydrogen-bond donors (Lipinski definition) is 1. The Morgan fingerprint density at radius 3 is 2.81 bits per heavy atom. The van der Waals surface area contributed by atoms with Crippen molar-refractivity contribution in [2.75, 3.05) is 32.8 Å². The molecule has 0 bridgehead atoms. The minimum absolute atomic E-state index is 0.114. The zero-order valence-corrected chi connectivity index (χ0v) is 12.5. The zero-order chi connectivity index (χ0) is 14.5. The van der Waals surface area contributed by atoms with Crippen molar-refractivity contribution in [2.24, 2.45) is 5.41 Å². The second-order valence-corrected chi connectivity index (χ2v) is 6.30. The molecule has 0 aromatic heterocycles. The van der Waals surface area contributed by atoms with Crippen LogP contribution >= 0.6 is 0 Å². The highest BCUT2D eigenvalue weighted by Gasteiger charge is 2.37. The average Bonchev–Trinajstić information content (AvgIpc) is 2.54. The summed E-state index contributed by atoms with van der Waals surface area (Å²) in [5.74, 6) is 0.875. The van der Waals surface area contributed by atoms with Gasteiger partial charge in [0.15, 0.2) is 6.61 Å². The third-order valence-electron chi connectivity index (χ3n) is 4.68. The first-order valence-corrected chi connectivity index (χ1v) is 7.94. The van der Waals surface area contributed by atoms with Gasteiger partial charge in [0.1, 0.15) is 5.75 Å². The van der Waals surface area contributed by atoms with Crippen molar-refractivity contribution in [3.63, 3.8) is 0 Å². The second-order valence-electron chi connectivity index (χ2n) is 6.30. The van der Waals surface area contributed by atoms with Crippen LogP contribution in [-0.4, -0.2) is 43.6 Å². The molecule has 1 unspecified atom stereocenters. The van der Waals surface area contributed by atoms with Crippen LogP contribution in [0.1, 0.15) is 25.7 Å². The Morgan fingerprint density at radius 2 is 2.05 bits per heavy atom. The SMILES string of the molecule is O=C(COc1ccccc1)N1CCCC2(CCCNC2)C1. The highest BCUT2D eigenvalue weighted by Crippen LogP contribution is 2.35. The molecule has 0 aliphatic carbocycles. The molecule has 21 heavy (non-hydrogen) atoms. The summed E-state index contributed by atoms with van der Waals surface area (Å²) in [5.41, 5.74) is 0.304. The molecule has 2 fully saturated rings. The maximum Gasteiger partial charge on any atom is 0.260 e. The fourth-order valence-electron chi connectivity index (χ4n) is 3.55. The maximum atomic E-state index is 12.4. The van der Waals surface area contributed by atoms with E-state index < -0.39 is 0 Å². The van der Waals surface area contributed by atoms with E-state index in [4.69, 9.17) is 4.74 Å². The fraction of sp³-hybridized carbons (Fsp3) is 0.588. The quantitative estimate of drug-likeness (QED) is 0.925. The number of ether oxygens (including phenoxy) is 1. The molecule has 2 saturated heterocycles. The molecule has 2 aliphatic rings. The lowest BCUT2D eigenvalue weighted by atomic mass is 9.74. The minimum Gasteiger partial charge on any atom is -0.484 e. The van der Waals surface area contributed by atoms with Gasteiger partial charge in [0.05, 0.1) is 0 Å². The van der Waals surface area contributed by atoms with E-state index in [9.17, 15) is 4.79 Å². The van der Waals surface area contributed by atoms with E-state index in [1.165, 1.54) is 19.3 Å². The molecule has 4 heteroatoms. The highest BCUT2D eigenvalue weighted by atomic mass is 16.5. The number of nitrogens with one attached hydrogen (secondary N) is 1. The lowest BCUT2D eigenvalue weighted by molar-refractivity contribution is -0.137. The monoisotopic (exact) mass is 288 g/mol. The Balaban J connectivity index is 1.54. The molecular formula is C17H24N2O2. The van der Waals surface area contributed by atoms with Crippen molar-refractivity contribution in [1.82, 2.24) is 10.2 Å². The summed E-state index contributed by atoms with van der Waals surface area (Å²) in [6.07, 6.45) is 4.81. The summed E-state index contributed by atoms with van der Waals surface area (Å²) >= 11 is 0. The molecule has 1 atom stereocenters. The first-order chi connectivity index (χ1) is 10.3. The summed E-state index contributed by atoms with van der Waals surface area (Å²) in [6.45, 7) is 4.08.